The Morgan fingerprint density at radius 1 is 1.53 bits per heavy atom. The van der Waals surface area contributed by atoms with Crippen molar-refractivity contribution in [3.63, 3.8) is 0 Å². The van der Waals surface area contributed by atoms with Crippen LogP contribution in [0.5, 0.6) is 5.75 Å². The number of hydrogen-bond acceptors (Lipinski definition) is 4. The largest absolute Gasteiger partial charge is 0.497 e. The van der Waals surface area contributed by atoms with E-state index in [0.29, 0.717) is 11.5 Å². The van der Waals surface area contributed by atoms with Crippen LogP contribution in [0.15, 0.2) is 24.5 Å². The Kier molecular flexibility index (Phi) is 2.97. The highest BCUT2D eigenvalue weighted by Crippen LogP contribution is 2.23. The van der Waals surface area contributed by atoms with Gasteiger partial charge in [0.1, 0.15) is 11.4 Å². The van der Waals surface area contributed by atoms with Gasteiger partial charge in [-0.15, -0.1) is 0 Å². The molecule has 1 aliphatic heterocycles. The molecule has 3 heterocycles. The summed E-state index contributed by atoms with van der Waals surface area (Å²) in [6.45, 7) is 0. The summed E-state index contributed by atoms with van der Waals surface area (Å²) in [5, 5.41) is 0. The van der Waals surface area contributed by atoms with E-state index in [1.54, 1.807) is 7.11 Å². The second-order valence-electron chi connectivity index (χ2n) is 5.04. The molecule has 0 bridgehead atoms. The van der Waals surface area contributed by atoms with Gasteiger partial charge in [0.15, 0.2) is 9.84 Å². The number of ether oxygens (including phenoxy) is 1. The lowest BCUT2D eigenvalue weighted by Crippen LogP contribution is -2.07. The molecule has 1 aliphatic rings. The molecular weight excluding hydrogens is 264 g/mol. The minimum atomic E-state index is -2.81. The molecule has 1 fully saturated rings. The van der Waals surface area contributed by atoms with Crippen molar-refractivity contribution in [2.45, 2.75) is 12.8 Å². The molecular formula is C13H16N2O3S. The molecule has 1 unspecified atom stereocenters. The summed E-state index contributed by atoms with van der Waals surface area (Å²) in [4.78, 5) is 4.52. The third-order valence-corrected chi connectivity index (χ3v) is 5.38. The van der Waals surface area contributed by atoms with Crippen molar-refractivity contribution in [3.8, 4) is 5.75 Å². The van der Waals surface area contributed by atoms with E-state index in [4.69, 9.17) is 4.74 Å². The molecule has 0 spiro atoms. The number of nitrogens with zero attached hydrogens (tertiary/aromatic N) is 2. The summed E-state index contributed by atoms with van der Waals surface area (Å²) in [7, 11) is -1.19. The van der Waals surface area contributed by atoms with E-state index in [1.165, 1.54) is 0 Å². The molecule has 0 radical (unpaired) electrons. The molecule has 2 aromatic rings. The Morgan fingerprint density at radius 3 is 3.05 bits per heavy atom. The molecule has 0 aromatic carbocycles. The molecule has 1 saturated heterocycles. The van der Waals surface area contributed by atoms with E-state index in [0.717, 1.165) is 29.9 Å². The molecule has 0 aliphatic carbocycles. The van der Waals surface area contributed by atoms with Gasteiger partial charge in [0.2, 0.25) is 0 Å². The lowest BCUT2D eigenvalue weighted by atomic mass is 10.0. The average Bonchev–Trinajstić information content (AvgIpc) is 2.91. The predicted octanol–water partition coefficient (Wildman–Crippen LogP) is 1.32. The van der Waals surface area contributed by atoms with Crippen LogP contribution in [0, 0.1) is 5.92 Å². The number of aromatic nitrogens is 2. The van der Waals surface area contributed by atoms with Gasteiger partial charge in [-0.05, 0) is 24.8 Å². The van der Waals surface area contributed by atoms with E-state index in [2.05, 4.69) is 4.98 Å². The number of imidazole rings is 1. The first kappa shape index (κ1) is 12.5. The minimum absolute atomic E-state index is 0.205. The van der Waals surface area contributed by atoms with Crippen molar-refractivity contribution in [1.82, 2.24) is 9.38 Å². The highest BCUT2D eigenvalue weighted by Gasteiger charge is 2.28. The van der Waals surface area contributed by atoms with E-state index in [-0.39, 0.29) is 5.92 Å². The first-order valence-corrected chi connectivity index (χ1v) is 8.10. The third-order valence-electron chi connectivity index (χ3n) is 3.54. The van der Waals surface area contributed by atoms with Crippen LogP contribution in [0.25, 0.3) is 5.65 Å². The maximum atomic E-state index is 11.4. The van der Waals surface area contributed by atoms with Crippen LogP contribution in [0.3, 0.4) is 0 Å². The summed E-state index contributed by atoms with van der Waals surface area (Å²) in [5.74, 6) is 1.59. The zero-order valence-corrected chi connectivity index (χ0v) is 11.6. The second-order valence-corrected chi connectivity index (χ2v) is 7.27. The lowest BCUT2D eigenvalue weighted by molar-refractivity contribution is 0.414. The smallest absolute Gasteiger partial charge is 0.150 e. The lowest BCUT2D eigenvalue weighted by Gasteiger charge is -2.03. The molecule has 1 atom stereocenters. The van der Waals surface area contributed by atoms with Gasteiger partial charge in [-0.25, -0.2) is 13.4 Å². The monoisotopic (exact) mass is 280 g/mol. The zero-order valence-electron chi connectivity index (χ0n) is 10.7. The van der Waals surface area contributed by atoms with Gasteiger partial charge in [-0.2, -0.15) is 0 Å². The van der Waals surface area contributed by atoms with Crippen LogP contribution in [0.2, 0.25) is 0 Å². The first-order valence-electron chi connectivity index (χ1n) is 6.28. The molecule has 0 saturated carbocycles. The van der Waals surface area contributed by atoms with Gasteiger partial charge in [0.05, 0.1) is 24.3 Å². The zero-order chi connectivity index (χ0) is 13.5. The maximum absolute atomic E-state index is 11.4. The minimum Gasteiger partial charge on any atom is -0.497 e. The molecule has 0 amide bonds. The molecule has 102 valence electrons. The second kappa shape index (κ2) is 4.52. The maximum Gasteiger partial charge on any atom is 0.150 e. The Bertz CT molecular complexity index is 706. The fourth-order valence-electron chi connectivity index (χ4n) is 2.57. The van der Waals surface area contributed by atoms with Gasteiger partial charge in [0.25, 0.3) is 0 Å². The van der Waals surface area contributed by atoms with Gasteiger partial charge in [-0.3, -0.25) is 0 Å². The van der Waals surface area contributed by atoms with Crippen LogP contribution in [0.4, 0.5) is 0 Å². The Labute approximate surface area is 112 Å². The van der Waals surface area contributed by atoms with E-state index in [9.17, 15) is 8.42 Å². The van der Waals surface area contributed by atoms with Gasteiger partial charge < -0.3 is 9.14 Å². The molecule has 19 heavy (non-hydrogen) atoms. The van der Waals surface area contributed by atoms with Crippen molar-refractivity contribution < 1.29 is 13.2 Å². The van der Waals surface area contributed by atoms with Crippen molar-refractivity contribution in [2.24, 2.45) is 5.92 Å². The van der Waals surface area contributed by atoms with Crippen LogP contribution < -0.4 is 4.74 Å². The van der Waals surface area contributed by atoms with Gasteiger partial charge in [0, 0.05) is 18.5 Å². The average molecular weight is 280 g/mol. The van der Waals surface area contributed by atoms with Crippen molar-refractivity contribution >= 4 is 15.5 Å². The van der Waals surface area contributed by atoms with E-state index >= 15 is 0 Å². The predicted molar refractivity (Wildman–Crippen MR) is 72.2 cm³/mol. The first-order chi connectivity index (χ1) is 9.05. The normalized spacial score (nSPS) is 21.8. The summed E-state index contributed by atoms with van der Waals surface area (Å²) < 4.78 is 30.0. The Morgan fingerprint density at radius 2 is 2.37 bits per heavy atom. The summed E-state index contributed by atoms with van der Waals surface area (Å²) >= 11 is 0. The summed E-state index contributed by atoms with van der Waals surface area (Å²) in [6.07, 6.45) is 5.33. The van der Waals surface area contributed by atoms with Gasteiger partial charge in [-0.1, -0.05) is 0 Å². The van der Waals surface area contributed by atoms with E-state index in [1.807, 2.05) is 28.9 Å². The van der Waals surface area contributed by atoms with Crippen LogP contribution in [0.1, 0.15) is 12.1 Å². The highest BCUT2D eigenvalue weighted by atomic mass is 32.2. The molecule has 3 rings (SSSR count). The number of pyridine rings is 1. The van der Waals surface area contributed by atoms with Gasteiger partial charge >= 0.3 is 0 Å². The number of sulfone groups is 1. The Balaban J connectivity index is 1.82. The standard InChI is InChI=1S/C13H16N2O3S/c1-18-12-2-4-15-8-11(14-13(15)7-12)6-10-3-5-19(16,17)9-10/h2,4,7-8,10H,3,5-6,9H2,1H3. The van der Waals surface area contributed by atoms with Crippen LogP contribution in [-0.2, 0) is 16.3 Å². The fraction of sp³-hybridized carbons (Fsp3) is 0.462. The van der Waals surface area contributed by atoms with Crippen molar-refractivity contribution in [1.29, 1.82) is 0 Å². The number of fused-ring (bicyclic) bond motifs is 1. The van der Waals surface area contributed by atoms with Crippen LogP contribution >= 0.6 is 0 Å². The quantitative estimate of drug-likeness (QED) is 0.850. The van der Waals surface area contributed by atoms with Crippen LogP contribution in [-0.4, -0.2) is 36.4 Å². The topological polar surface area (TPSA) is 60.7 Å². The summed E-state index contributed by atoms with van der Waals surface area (Å²) in [6, 6.07) is 3.74. The molecule has 2 aromatic heterocycles. The molecule has 6 heteroatoms. The summed E-state index contributed by atoms with van der Waals surface area (Å²) in [5.41, 5.74) is 1.77. The number of rotatable bonds is 3. The van der Waals surface area contributed by atoms with Crippen molar-refractivity contribution in [2.75, 3.05) is 18.6 Å². The number of hydrogen-bond donors (Lipinski definition) is 0. The molecule has 0 N–H and O–H groups in total. The fourth-order valence-corrected chi connectivity index (χ4v) is 4.43. The van der Waals surface area contributed by atoms with Crippen molar-refractivity contribution in [3.05, 3.63) is 30.2 Å². The highest BCUT2D eigenvalue weighted by molar-refractivity contribution is 7.91. The third kappa shape index (κ3) is 2.58. The number of methoxy groups -OCH3 is 1. The molecule has 5 nitrogen and oxygen atoms in total. The Hall–Kier alpha value is -1.56. The SMILES string of the molecule is COc1ccn2cc(CC3CCS(=O)(=O)C3)nc2c1. The van der Waals surface area contributed by atoms with E-state index < -0.39 is 9.84 Å².